The van der Waals surface area contributed by atoms with Crippen LogP contribution in [0.25, 0.3) is 0 Å². The Bertz CT molecular complexity index is 1640. The second-order valence-electron chi connectivity index (χ2n) is 13.0. The van der Waals surface area contributed by atoms with Gasteiger partial charge in [-0.05, 0) is 53.1 Å². The summed E-state index contributed by atoms with van der Waals surface area (Å²) in [4.78, 5) is 35.3. The zero-order valence-corrected chi connectivity index (χ0v) is 29.4. The van der Waals surface area contributed by atoms with Gasteiger partial charge >= 0.3 is 6.03 Å². The molecule has 2 heterocycles. The van der Waals surface area contributed by atoms with Gasteiger partial charge in [-0.25, -0.2) is 13.2 Å². The topological polar surface area (TPSA) is 156 Å². The third-order valence-electron chi connectivity index (χ3n) is 8.79. The molecule has 4 rings (SSSR count). The smallest absolute Gasteiger partial charge is 0.321 e. The maximum Gasteiger partial charge on any atom is 0.321 e. The summed E-state index contributed by atoms with van der Waals surface area (Å²) in [5.74, 6) is -0.644. The number of hydrogen-bond donors (Lipinski definition) is 3. The van der Waals surface area contributed by atoms with Crippen LogP contribution >= 0.6 is 0 Å². The summed E-state index contributed by atoms with van der Waals surface area (Å²) >= 11 is 0. The minimum atomic E-state index is -4.05. The van der Waals surface area contributed by atoms with Gasteiger partial charge in [-0.1, -0.05) is 87.8 Å². The predicted molar refractivity (Wildman–Crippen MR) is 187 cm³/mol. The van der Waals surface area contributed by atoms with Crippen LogP contribution in [-0.4, -0.2) is 100 Å². The molecule has 0 spiro atoms. The quantitative estimate of drug-likeness (QED) is 0.110. The van der Waals surface area contributed by atoms with Crippen LogP contribution in [-0.2, 0) is 27.8 Å². The Morgan fingerprint density at radius 2 is 1.71 bits per heavy atom. The van der Waals surface area contributed by atoms with Crippen molar-refractivity contribution in [3.05, 3.63) is 95.8 Å². The number of sulfonamides is 1. The van der Waals surface area contributed by atoms with Gasteiger partial charge < -0.3 is 25.4 Å². The standard InChI is InChI=1S/C36H48N6O6S/c1-5-27(4)34(42-19-18-40(36(42)45)24-30-12-9-17-37-21-30)35(44)39-32(20-28-10-7-6-8-11-28)33(43)25-41(23-26(2)3)49(47,48)31-15-13-29(14-16-31)22-38-46/h6-17,21-22,26-27,32-34,43,46H,5,18-20,23-25H2,1-4H3,(H,39,44)/b38-22+/t27?,32-,33+,34-/m0/s1. The number of nitrogens with zero attached hydrogens (tertiary/aromatic N) is 5. The van der Waals surface area contributed by atoms with E-state index in [-0.39, 0.29) is 42.3 Å². The molecular weight excluding hydrogens is 644 g/mol. The summed E-state index contributed by atoms with van der Waals surface area (Å²) in [6, 6.07) is 17.1. The van der Waals surface area contributed by atoms with Gasteiger partial charge in [0.15, 0.2) is 0 Å². The van der Waals surface area contributed by atoms with E-state index in [4.69, 9.17) is 5.21 Å². The molecule has 2 aromatic carbocycles. The number of oxime groups is 1. The summed E-state index contributed by atoms with van der Waals surface area (Å²) in [5, 5.41) is 26.6. The third kappa shape index (κ3) is 9.87. The summed E-state index contributed by atoms with van der Waals surface area (Å²) in [7, 11) is -4.05. The van der Waals surface area contributed by atoms with Crippen LogP contribution in [0.3, 0.4) is 0 Å². The molecule has 0 aliphatic carbocycles. The number of aromatic nitrogens is 1. The van der Waals surface area contributed by atoms with E-state index in [1.54, 1.807) is 22.2 Å². The van der Waals surface area contributed by atoms with E-state index in [9.17, 15) is 23.1 Å². The van der Waals surface area contributed by atoms with E-state index in [0.717, 1.165) is 11.1 Å². The lowest BCUT2D eigenvalue weighted by atomic mass is 9.95. The molecule has 4 atom stereocenters. The molecule has 13 heteroatoms. The van der Waals surface area contributed by atoms with Crippen molar-refractivity contribution in [2.45, 2.75) is 70.2 Å². The number of rotatable bonds is 17. The normalized spacial score (nSPS) is 16.3. The minimum Gasteiger partial charge on any atom is -0.411 e. The van der Waals surface area contributed by atoms with E-state index in [1.807, 2.05) is 70.2 Å². The number of carbonyl (C=O) groups excluding carboxylic acids is 2. The lowest BCUT2D eigenvalue weighted by molar-refractivity contribution is -0.128. The Morgan fingerprint density at radius 1 is 1.02 bits per heavy atom. The average Bonchev–Trinajstić information content (AvgIpc) is 3.43. The number of urea groups is 1. The molecule has 1 fully saturated rings. The Labute approximate surface area is 289 Å². The van der Waals surface area contributed by atoms with Crippen LogP contribution in [0.2, 0.25) is 0 Å². The Morgan fingerprint density at radius 3 is 2.33 bits per heavy atom. The molecule has 3 aromatic rings. The van der Waals surface area contributed by atoms with Gasteiger partial charge in [0, 0.05) is 45.1 Å². The first-order valence-electron chi connectivity index (χ1n) is 16.7. The molecular formula is C36H48N6O6S. The Balaban J connectivity index is 1.59. The fraction of sp³-hybridized carbons (Fsp3) is 0.444. The predicted octanol–water partition coefficient (Wildman–Crippen LogP) is 3.98. The third-order valence-corrected chi connectivity index (χ3v) is 10.6. The zero-order chi connectivity index (χ0) is 35.6. The van der Waals surface area contributed by atoms with E-state index >= 15 is 0 Å². The van der Waals surface area contributed by atoms with Crippen LogP contribution in [0.5, 0.6) is 0 Å². The molecule has 264 valence electrons. The number of aliphatic hydroxyl groups excluding tert-OH is 1. The Hall–Kier alpha value is -4.33. The van der Waals surface area contributed by atoms with Crippen LogP contribution in [0.1, 0.15) is 50.8 Å². The molecule has 49 heavy (non-hydrogen) atoms. The molecule has 0 bridgehead atoms. The van der Waals surface area contributed by atoms with Crippen LogP contribution < -0.4 is 5.32 Å². The van der Waals surface area contributed by atoms with Crippen molar-refractivity contribution >= 4 is 28.2 Å². The highest BCUT2D eigenvalue weighted by Crippen LogP contribution is 2.24. The van der Waals surface area contributed by atoms with Gasteiger partial charge in [0.1, 0.15) is 6.04 Å². The SMILES string of the molecule is CCC(C)[C@@H](C(=O)N[C@@H](Cc1ccccc1)[C@H](O)CN(CC(C)C)S(=O)(=O)c1ccc(/C=N/O)cc1)N1CCN(Cc2cccnc2)C1=O. The fourth-order valence-corrected chi connectivity index (χ4v) is 7.65. The number of hydrogen-bond acceptors (Lipinski definition) is 8. The monoisotopic (exact) mass is 692 g/mol. The van der Waals surface area contributed by atoms with Crippen molar-refractivity contribution in [1.29, 1.82) is 0 Å². The van der Waals surface area contributed by atoms with E-state index in [1.165, 1.54) is 34.8 Å². The number of nitrogens with one attached hydrogen (secondary N) is 1. The van der Waals surface area contributed by atoms with Crippen molar-refractivity contribution in [3.8, 4) is 0 Å². The van der Waals surface area contributed by atoms with Crippen LogP contribution in [0.4, 0.5) is 4.79 Å². The molecule has 1 aromatic heterocycles. The van der Waals surface area contributed by atoms with Crippen molar-refractivity contribution in [2.24, 2.45) is 17.0 Å². The second kappa shape index (κ2) is 17.4. The highest BCUT2D eigenvalue weighted by Gasteiger charge is 2.41. The number of benzene rings is 2. The largest absolute Gasteiger partial charge is 0.411 e. The molecule has 0 saturated carbocycles. The van der Waals surface area contributed by atoms with Crippen molar-refractivity contribution in [1.82, 2.24) is 24.4 Å². The lowest BCUT2D eigenvalue weighted by Crippen LogP contribution is -2.57. The summed E-state index contributed by atoms with van der Waals surface area (Å²) in [6.45, 7) is 8.75. The molecule has 3 N–H and O–H groups in total. The van der Waals surface area contributed by atoms with E-state index in [0.29, 0.717) is 31.6 Å². The molecule has 0 radical (unpaired) electrons. The molecule has 1 aliphatic heterocycles. The van der Waals surface area contributed by atoms with Crippen LogP contribution in [0, 0.1) is 11.8 Å². The van der Waals surface area contributed by atoms with Gasteiger partial charge in [0.05, 0.1) is 23.3 Å². The zero-order valence-electron chi connectivity index (χ0n) is 28.6. The molecule has 12 nitrogen and oxygen atoms in total. The maximum atomic E-state index is 14.2. The summed E-state index contributed by atoms with van der Waals surface area (Å²) < 4.78 is 29.0. The number of amides is 3. The summed E-state index contributed by atoms with van der Waals surface area (Å²) in [5.41, 5.74) is 2.27. The first-order chi connectivity index (χ1) is 23.4. The van der Waals surface area contributed by atoms with Crippen molar-refractivity contribution < 1.29 is 28.3 Å². The second-order valence-corrected chi connectivity index (χ2v) is 14.9. The molecule has 3 amide bonds. The maximum absolute atomic E-state index is 14.2. The summed E-state index contributed by atoms with van der Waals surface area (Å²) in [6.07, 6.45) is 4.19. The first-order valence-corrected chi connectivity index (χ1v) is 18.1. The van der Waals surface area contributed by atoms with Gasteiger partial charge in [0.2, 0.25) is 15.9 Å². The van der Waals surface area contributed by atoms with Crippen molar-refractivity contribution in [3.63, 3.8) is 0 Å². The lowest BCUT2D eigenvalue weighted by Gasteiger charge is -2.35. The number of pyridine rings is 1. The highest BCUT2D eigenvalue weighted by molar-refractivity contribution is 7.89. The average molecular weight is 693 g/mol. The first kappa shape index (κ1) is 37.5. The highest BCUT2D eigenvalue weighted by atomic mass is 32.2. The van der Waals surface area contributed by atoms with Crippen molar-refractivity contribution in [2.75, 3.05) is 26.2 Å². The number of aliphatic hydroxyl groups is 1. The van der Waals surface area contributed by atoms with Gasteiger partial charge in [-0.15, -0.1) is 0 Å². The molecule has 1 unspecified atom stereocenters. The van der Waals surface area contributed by atoms with E-state index < -0.39 is 34.1 Å². The van der Waals surface area contributed by atoms with Gasteiger partial charge in [-0.3, -0.25) is 9.78 Å². The van der Waals surface area contributed by atoms with E-state index in [2.05, 4.69) is 15.5 Å². The molecule has 1 saturated heterocycles. The number of carbonyl (C=O) groups is 2. The minimum absolute atomic E-state index is 0.0271. The molecule has 1 aliphatic rings. The fourth-order valence-electron chi connectivity index (χ4n) is 6.02. The Kier molecular flexibility index (Phi) is 13.3. The van der Waals surface area contributed by atoms with Crippen LogP contribution in [0.15, 0.2) is 89.2 Å². The van der Waals surface area contributed by atoms with Gasteiger partial charge in [-0.2, -0.15) is 4.31 Å². The van der Waals surface area contributed by atoms with Gasteiger partial charge in [0.25, 0.3) is 0 Å².